The van der Waals surface area contributed by atoms with Gasteiger partial charge in [0, 0.05) is 19.3 Å². The van der Waals surface area contributed by atoms with Crippen molar-refractivity contribution < 1.29 is 28.6 Å². The zero-order valence-electron chi connectivity index (χ0n) is 42.0. The molecule has 0 heterocycles. The largest absolute Gasteiger partial charge is 0.462 e. The Kier molecular flexibility index (Phi) is 49.9. The number of hydrogen-bond acceptors (Lipinski definition) is 6. The van der Waals surface area contributed by atoms with Crippen LogP contribution in [0.2, 0.25) is 0 Å². The first-order valence-electron chi connectivity index (χ1n) is 27.0. The Morgan fingerprint density at radius 3 is 1.14 bits per heavy atom. The van der Waals surface area contributed by atoms with Gasteiger partial charge in [-0.25, -0.2) is 0 Å². The van der Waals surface area contributed by atoms with Crippen molar-refractivity contribution in [2.24, 2.45) is 0 Å². The summed E-state index contributed by atoms with van der Waals surface area (Å²) in [6.45, 7) is 6.45. The number of ether oxygens (including phenoxy) is 3. The highest BCUT2D eigenvalue weighted by molar-refractivity contribution is 5.71. The zero-order valence-corrected chi connectivity index (χ0v) is 42.0. The van der Waals surface area contributed by atoms with Gasteiger partial charge in [0.05, 0.1) is 0 Å². The number of carbonyl (C=O) groups is 3. The van der Waals surface area contributed by atoms with Crippen LogP contribution in [0.5, 0.6) is 0 Å². The van der Waals surface area contributed by atoms with Crippen LogP contribution in [-0.4, -0.2) is 37.2 Å². The quantitative estimate of drug-likeness (QED) is 0.0199. The second kappa shape index (κ2) is 52.5. The molecule has 0 aliphatic heterocycles. The van der Waals surface area contributed by atoms with Crippen molar-refractivity contribution >= 4 is 17.9 Å². The van der Waals surface area contributed by atoms with Gasteiger partial charge in [-0.2, -0.15) is 0 Å². The van der Waals surface area contributed by atoms with Crippen molar-refractivity contribution in [2.75, 3.05) is 13.2 Å². The van der Waals surface area contributed by atoms with Crippen molar-refractivity contribution in [3.05, 3.63) is 72.9 Å². The molecule has 0 aromatic heterocycles. The number of allylic oxidation sites excluding steroid dienone is 12. The molecule has 6 nitrogen and oxygen atoms in total. The summed E-state index contributed by atoms with van der Waals surface area (Å²) in [4.78, 5) is 37.9. The molecule has 0 aliphatic carbocycles. The number of carbonyl (C=O) groups excluding carboxylic acids is 3. The molecule has 0 N–H and O–H groups in total. The standard InChI is InChI=1S/C58H100O6/c1-4-7-10-13-16-19-21-23-25-27-29-31-32-34-36-39-42-45-48-51-57(60)63-54-55(53-62-56(59)50-47-44-41-38-18-15-12-9-6-3)64-58(61)52-49-46-43-40-37-35-33-30-28-26-24-22-20-17-14-11-8-5-2/h7,10,16,19,23,25-26,28,30,33,38,41,55H,4-6,8-9,11-15,17-18,20-22,24,27,29,31-32,34-37,39-40,42-54H2,1-3H3/b10-7-,19-16-,25-23-,28-26-,33-30-,41-38-. The Morgan fingerprint density at radius 1 is 0.344 bits per heavy atom. The average molecular weight is 893 g/mol. The molecule has 0 saturated heterocycles. The maximum absolute atomic E-state index is 12.8. The molecule has 0 rings (SSSR count). The van der Waals surface area contributed by atoms with Crippen LogP contribution in [0, 0.1) is 0 Å². The summed E-state index contributed by atoms with van der Waals surface area (Å²) in [5, 5.41) is 0. The van der Waals surface area contributed by atoms with Gasteiger partial charge in [0.1, 0.15) is 13.2 Å². The second-order valence-corrected chi connectivity index (χ2v) is 17.8. The molecule has 0 aliphatic rings. The van der Waals surface area contributed by atoms with Gasteiger partial charge in [-0.1, -0.05) is 216 Å². The smallest absolute Gasteiger partial charge is 0.306 e. The molecule has 64 heavy (non-hydrogen) atoms. The fourth-order valence-electron chi connectivity index (χ4n) is 7.39. The maximum Gasteiger partial charge on any atom is 0.306 e. The summed E-state index contributed by atoms with van der Waals surface area (Å²) in [6, 6.07) is 0. The molecule has 368 valence electrons. The molecular formula is C58H100O6. The summed E-state index contributed by atoms with van der Waals surface area (Å²) in [7, 11) is 0. The molecule has 0 aromatic rings. The second-order valence-electron chi connectivity index (χ2n) is 17.8. The summed E-state index contributed by atoms with van der Waals surface area (Å²) in [5.74, 6) is -0.947. The van der Waals surface area contributed by atoms with E-state index in [1.54, 1.807) is 0 Å². The lowest BCUT2D eigenvalue weighted by Crippen LogP contribution is -2.30. The van der Waals surface area contributed by atoms with Crippen LogP contribution in [0.1, 0.15) is 258 Å². The van der Waals surface area contributed by atoms with E-state index in [1.165, 1.54) is 122 Å². The Balaban J connectivity index is 4.35. The van der Waals surface area contributed by atoms with Gasteiger partial charge in [-0.3, -0.25) is 14.4 Å². The van der Waals surface area contributed by atoms with E-state index in [2.05, 4.69) is 93.7 Å². The normalized spacial score (nSPS) is 12.6. The number of rotatable bonds is 48. The van der Waals surface area contributed by atoms with E-state index in [-0.39, 0.29) is 31.1 Å². The highest BCUT2D eigenvalue weighted by atomic mass is 16.6. The molecule has 0 bridgehead atoms. The van der Waals surface area contributed by atoms with E-state index < -0.39 is 6.10 Å². The fraction of sp³-hybridized carbons (Fsp3) is 0.741. The van der Waals surface area contributed by atoms with Crippen molar-refractivity contribution in [3.63, 3.8) is 0 Å². The van der Waals surface area contributed by atoms with Crippen LogP contribution in [-0.2, 0) is 28.6 Å². The lowest BCUT2D eigenvalue weighted by molar-refractivity contribution is -0.167. The Labute approximate surface area is 395 Å². The minimum Gasteiger partial charge on any atom is -0.462 e. The first-order chi connectivity index (χ1) is 31.5. The van der Waals surface area contributed by atoms with E-state index in [1.807, 2.05) is 0 Å². The van der Waals surface area contributed by atoms with Crippen LogP contribution in [0.25, 0.3) is 0 Å². The van der Waals surface area contributed by atoms with E-state index >= 15 is 0 Å². The predicted octanol–water partition coefficient (Wildman–Crippen LogP) is 17.8. The van der Waals surface area contributed by atoms with Crippen LogP contribution in [0.3, 0.4) is 0 Å². The van der Waals surface area contributed by atoms with Crippen molar-refractivity contribution in [1.82, 2.24) is 0 Å². The molecule has 0 aromatic carbocycles. The number of hydrogen-bond donors (Lipinski definition) is 0. The van der Waals surface area contributed by atoms with Crippen molar-refractivity contribution in [1.29, 1.82) is 0 Å². The first-order valence-corrected chi connectivity index (χ1v) is 27.0. The molecule has 1 unspecified atom stereocenters. The third-order valence-electron chi connectivity index (χ3n) is 11.4. The SMILES string of the molecule is CC/C=C\C/C=C\C/C=C\CCCCCCCCCCCC(=O)OCC(COC(=O)CCC/C=C\CCCCCC)OC(=O)CCCCCCC/C=C\C=C/CCCCCCCCC. The van der Waals surface area contributed by atoms with Gasteiger partial charge in [0.25, 0.3) is 0 Å². The molecule has 0 fully saturated rings. The average Bonchev–Trinajstić information content (AvgIpc) is 3.29. The summed E-state index contributed by atoms with van der Waals surface area (Å²) < 4.78 is 16.7. The lowest BCUT2D eigenvalue weighted by atomic mass is 10.1. The van der Waals surface area contributed by atoms with Crippen LogP contribution >= 0.6 is 0 Å². The van der Waals surface area contributed by atoms with Crippen LogP contribution in [0.15, 0.2) is 72.9 Å². The first kappa shape index (κ1) is 60.9. The maximum atomic E-state index is 12.8. The Hall–Kier alpha value is -3.15. The summed E-state index contributed by atoms with van der Waals surface area (Å²) >= 11 is 0. The Bertz CT molecular complexity index is 1210. The molecule has 6 heteroatoms. The Morgan fingerprint density at radius 2 is 0.672 bits per heavy atom. The van der Waals surface area contributed by atoms with Gasteiger partial charge >= 0.3 is 17.9 Å². The molecule has 0 amide bonds. The molecule has 0 spiro atoms. The van der Waals surface area contributed by atoms with E-state index in [0.717, 1.165) is 89.9 Å². The third kappa shape index (κ3) is 49.9. The predicted molar refractivity (Wildman–Crippen MR) is 274 cm³/mol. The highest BCUT2D eigenvalue weighted by Crippen LogP contribution is 2.14. The van der Waals surface area contributed by atoms with Gasteiger partial charge < -0.3 is 14.2 Å². The summed E-state index contributed by atoms with van der Waals surface area (Å²) in [6.07, 6.45) is 66.1. The minimum atomic E-state index is -0.795. The number of unbranched alkanes of at least 4 members (excludes halogenated alkanes) is 26. The zero-order chi connectivity index (χ0) is 46.5. The third-order valence-corrected chi connectivity index (χ3v) is 11.4. The van der Waals surface area contributed by atoms with E-state index in [4.69, 9.17) is 14.2 Å². The van der Waals surface area contributed by atoms with Gasteiger partial charge in [0.2, 0.25) is 0 Å². The monoisotopic (exact) mass is 893 g/mol. The van der Waals surface area contributed by atoms with E-state index in [0.29, 0.717) is 25.7 Å². The number of esters is 3. The van der Waals surface area contributed by atoms with Crippen molar-refractivity contribution in [3.8, 4) is 0 Å². The van der Waals surface area contributed by atoms with Gasteiger partial charge in [-0.15, -0.1) is 0 Å². The molecular weight excluding hydrogens is 793 g/mol. The van der Waals surface area contributed by atoms with Crippen molar-refractivity contribution in [2.45, 2.75) is 264 Å². The summed E-state index contributed by atoms with van der Waals surface area (Å²) in [5.41, 5.74) is 0. The topological polar surface area (TPSA) is 78.9 Å². The molecule has 1 atom stereocenters. The fourth-order valence-corrected chi connectivity index (χ4v) is 7.39. The lowest BCUT2D eigenvalue weighted by Gasteiger charge is -2.18. The molecule has 0 radical (unpaired) electrons. The van der Waals surface area contributed by atoms with Gasteiger partial charge in [-0.05, 0) is 96.3 Å². The van der Waals surface area contributed by atoms with Crippen LogP contribution in [0.4, 0.5) is 0 Å². The van der Waals surface area contributed by atoms with Gasteiger partial charge in [0.15, 0.2) is 6.10 Å². The minimum absolute atomic E-state index is 0.0930. The van der Waals surface area contributed by atoms with Crippen LogP contribution < -0.4 is 0 Å². The highest BCUT2D eigenvalue weighted by Gasteiger charge is 2.19. The molecule has 0 saturated carbocycles. The van der Waals surface area contributed by atoms with E-state index in [9.17, 15) is 14.4 Å².